The first kappa shape index (κ1) is 16.8. The van der Waals surface area contributed by atoms with Gasteiger partial charge in [0.15, 0.2) is 11.5 Å². The standard InChI is InChI=1S/C19H20BrNO3/c1-23-16-4-2-3-5-17(16)24-13-12-21-18(22)19(10-11-19)14-6-8-15(20)9-7-14/h2-9H,10-13H2,1H3,(H,21,22). The van der Waals surface area contributed by atoms with E-state index >= 15 is 0 Å². The van der Waals surface area contributed by atoms with Crippen molar-refractivity contribution in [3.63, 3.8) is 0 Å². The maximum atomic E-state index is 12.5. The molecule has 1 amide bonds. The minimum Gasteiger partial charge on any atom is -0.493 e. The molecule has 2 aromatic carbocycles. The van der Waals surface area contributed by atoms with E-state index in [1.54, 1.807) is 7.11 Å². The second kappa shape index (κ2) is 7.26. The molecule has 0 spiro atoms. The molecule has 1 aliphatic rings. The summed E-state index contributed by atoms with van der Waals surface area (Å²) in [7, 11) is 1.61. The predicted molar refractivity (Wildman–Crippen MR) is 96.6 cm³/mol. The van der Waals surface area contributed by atoms with Crippen LogP contribution in [0.3, 0.4) is 0 Å². The van der Waals surface area contributed by atoms with Gasteiger partial charge in [-0.1, -0.05) is 40.2 Å². The van der Waals surface area contributed by atoms with E-state index < -0.39 is 0 Å². The molecule has 5 heteroatoms. The number of halogens is 1. The topological polar surface area (TPSA) is 47.6 Å². The van der Waals surface area contributed by atoms with Gasteiger partial charge in [-0.05, 0) is 42.7 Å². The molecule has 0 atom stereocenters. The van der Waals surface area contributed by atoms with Crippen LogP contribution in [0.15, 0.2) is 53.0 Å². The fourth-order valence-electron chi connectivity index (χ4n) is 2.77. The molecule has 1 aliphatic carbocycles. The summed E-state index contributed by atoms with van der Waals surface area (Å²) in [5, 5.41) is 2.99. The third-order valence-electron chi connectivity index (χ3n) is 4.30. The average molecular weight is 390 g/mol. The van der Waals surface area contributed by atoms with Crippen molar-refractivity contribution in [2.24, 2.45) is 0 Å². The van der Waals surface area contributed by atoms with Crippen LogP contribution in [0.5, 0.6) is 11.5 Å². The van der Waals surface area contributed by atoms with Crippen molar-refractivity contribution in [3.8, 4) is 11.5 Å². The zero-order valence-corrected chi connectivity index (χ0v) is 15.1. The number of para-hydroxylation sites is 2. The van der Waals surface area contributed by atoms with Crippen LogP contribution in [0.4, 0.5) is 0 Å². The molecular formula is C19H20BrNO3. The smallest absolute Gasteiger partial charge is 0.230 e. The van der Waals surface area contributed by atoms with Gasteiger partial charge in [-0.2, -0.15) is 0 Å². The molecule has 0 radical (unpaired) electrons. The van der Waals surface area contributed by atoms with Crippen LogP contribution in [0.2, 0.25) is 0 Å². The quantitative estimate of drug-likeness (QED) is 0.734. The van der Waals surface area contributed by atoms with E-state index in [0.717, 1.165) is 22.9 Å². The highest BCUT2D eigenvalue weighted by Gasteiger charge is 2.50. The molecule has 1 saturated carbocycles. The first-order valence-corrected chi connectivity index (χ1v) is 8.75. The summed E-state index contributed by atoms with van der Waals surface area (Å²) in [5.74, 6) is 1.45. The average Bonchev–Trinajstić information content (AvgIpc) is 3.41. The van der Waals surface area contributed by atoms with Crippen molar-refractivity contribution in [3.05, 3.63) is 58.6 Å². The van der Waals surface area contributed by atoms with E-state index in [9.17, 15) is 4.79 Å². The second-order valence-electron chi connectivity index (χ2n) is 5.84. The Labute approximate surface area is 150 Å². The maximum absolute atomic E-state index is 12.5. The van der Waals surface area contributed by atoms with Crippen LogP contribution in [-0.2, 0) is 10.2 Å². The van der Waals surface area contributed by atoms with E-state index in [1.165, 1.54) is 0 Å². The number of nitrogens with one attached hydrogen (secondary N) is 1. The van der Waals surface area contributed by atoms with Gasteiger partial charge in [0.05, 0.1) is 19.1 Å². The van der Waals surface area contributed by atoms with Crippen molar-refractivity contribution in [1.82, 2.24) is 5.32 Å². The number of benzene rings is 2. The van der Waals surface area contributed by atoms with Crippen molar-refractivity contribution in [2.75, 3.05) is 20.3 Å². The zero-order chi connectivity index (χ0) is 17.0. The van der Waals surface area contributed by atoms with Crippen LogP contribution in [0.1, 0.15) is 18.4 Å². The van der Waals surface area contributed by atoms with Gasteiger partial charge in [0.25, 0.3) is 0 Å². The second-order valence-corrected chi connectivity index (χ2v) is 6.76. The molecule has 2 aromatic rings. The Morgan fingerprint density at radius 2 is 1.79 bits per heavy atom. The SMILES string of the molecule is COc1ccccc1OCCNC(=O)C1(c2ccc(Br)cc2)CC1. The lowest BCUT2D eigenvalue weighted by molar-refractivity contribution is -0.123. The first-order chi connectivity index (χ1) is 11.7. The minimum atomic E-state index is -0.356. The van der Waals surface area contributed by atoms with Gasteiger partial charge >= 0.3 is 0 Å². The fraction of sp³-hybridized carbons (Fsp3) is 0.316. The first-order valence-electron chi connectivity index (χ1n) is 7.96. The lowest BCUT2D eigenvalue weighted by atomic mass is 9.95. The van der Waals surface area contributed by atoms with E-state index in [1.807, 2.05) is 48.5 Å². The summed E-state index contributed by atoms with van der Waals surface area (Å²) in [6, 6.07) is 15.5. The summed E-state index contributed by atoms with van der Waals surface area (Å²) in [6.45, 7) is 0.873. The molecule has 126 valence electrons. The zero-order valence-electron chi connectivity index (χ0n) is 13.5. The Bertz CT molecular complexity index is 711. The minimum absolute atomic E-state index is 0.0773. The number of methoxy groups -OCH3 is 1. The maximum Gasteiger partial charge on any atom is 0.230 e. The summed E-state index contributed by atoms with van der Waals surface area (Å²) < 4.78 is 11.9. The Kier molecular flexibility index (Phi) is 5.09. The van der Waals surface area contributed by atoms with Crippen LogP contribution < -0.4 is 14.8 Å². The van der Waals surface area contributed by atoms with Crippen LogP contribution in [-0.4, -0.2) is 26.2 Å². The Morgan fingerprint density at radius 3 is 2.42 bits per heavy atom. The lowest BCUT2D eigenvalue weighted by Crippen LogP contribution is -2.37. The Morgan fingerprint density at radius 1 is 1.12 bits per heavy atom. The molecular weight excluding hydrogens is 370 g/mol. The highest BCUT2D eigenvalue weighted by Crippen LogP contribution is 2.48. The van der Waals surface area contributed by atoms with Gasteiger partial charge in [-0.25, -0.2) is 0 Å². The molecule has 3 rings (SSSR count). The molecule has 0 bridgehead atoms. The van der Waals surface area contributed by atoms with Crippen molar-refractivity contribution in [2.45, 2.75) is 18.3 Å². The van der Waals surface area contributed by atoms with Gasteiger partial charge in [-0.3, -0.25) is 4.79 Å². The number of rotatable bonds is 7. The molecule has 4 nitrogen and oxygen atoms in total. The van der Waals surface area contributed by atoms with Crippen LogP contribution >= 0.6 is 15.9 Å². The number of carbonyl (C=O) groups excluding carboxylic acids is 1. The molecule has 0 unspecified atom stereocenters. The van der Waals surface area contributed by atoms with E-state index in [-0.39, 0.29) is 11.3 Å². The number of amides is 1. The third-order valence-corrected chi connectivity index (χ3v) is 4.82. The van der Waals surface area contributed by atoms with Crippen molar-refractivity contribution >= 4 is 21.8 Å². The van der Waals surface area contributed by atoms with Crippen LogP contribution in [0, 0.1) is 0 Å². The molecule has 1 N–H and O–H groups in total. The summed E-state index contributed by atoms with van der Waals surface area (Å²) in [6.07, 6.45) is 1.79. The highest BCUT2D eigenvalue weighted by atomic mass is 79.9. The number of hydrogen-bond donors (Lipinski definition) is 1. The van der Waals surface area contributed by atoms with Crippen molar-refractivity contribution in [1.29, 1.82) is 0 Å². The Balaban J connectivity index is 1.52. The third kappa shape index (κ3) is 3.56. The van der Waals surface area contributed by atoms with Gasteiger partial charge in [0.1, 0.15) is 6.61 Å². The molecule has 0 heterocycles. The highest BCUT2D eigenvalue weighted by molar-refractivity contribution is 9.10. The molecule has 24 heavy (non-hydrogen) atoms. The number of ether oxygens (including phenoxy) is 2. The largest absolute Gasteiger partial charge is 0.493 e. The molecule has 1 fully saturated rings. The molecule has 0 aromatic heterocycles. The van der Waals surface area contributed by atoms with E-state index in [0.29, 0.717) is 24.7 Å². The number of carbonyl (C=O) groups is 1. The Hall–Kier alpha value is -2.01. The van der Waals surface area contributed by atoms with Gasteiger partial charge < -0.3 is 14.8 Å². The summed E-state index contributed by atoms with van der Waals surface area (Å²) in [4.78, 5) is 12.5. The van der Waals surface area contributed by atoms with E-state index in [2.05, 4.69) is 21.2 Å². The van der Waals surface area contributed by atoms with E-state index in [4.69, 9.17) is 9.47 Å². The lowest BCUT2D eigenvalue weighted by Gasteiger charge is -2.16. The summed E-state index contributed by atoms with van der Waals surface area (Å²) >= 11 is 3.43. The van der Waals surface area contributed by atoms with Gasteiger partial charge in [0.2, 0.25) is 5.91 Å². The van der Waals surface area contributed by atoms with Gasteiger partial charge in [0, 0.05) is 4.47 Å². The number of hydrogen-bond acceptors (Lipinski definition) is 3. The van der Waals surface area contributed by atoms with Crippen molar-refractivity contribution < 1.29 is 14.3 Å². The van der Waals surface area contributed by atoms with Crippen LogP contribution in [0.25, 0.3) is 0 Å². The molecule has 0 saturated heterocycles. The normalized spacial score (nSPS) is 14.8. The predicted octanol–water partition coefficient (Wildman–Crippen LogP) is 3.68. The monoisotopic (exact) mass is 389 g/mol. The molecule has 0 aliphatic heterocycles. The fourth-order valence-corrected chi connectivity index (χ4v) is 3.04. The van der Waals surface area contributed by atoms with Gasteiger partial charge in [-0.15, -0.1) is 0 Å². The summed E-state index contributed by atoms with van der Waals surface area (Å²) in [5.41, 5.74) is 0.722.